The summed E-state index contributed by atoms with van der Waals surface area (Å²) in [4.78, 5) is 14.3. The average molecular weight is 253 g/mol. The summed E-state index contributed by atoms with van der Waals surface area (Å²) in [6.07, 6.45) is 5.25. The monoisotopic (exact) mass is 253 g/mol. The van der Waals surface area contributed by atoms with Gasteiger partial charge in [0.1, 0.15) is 0 Å². The van der Waals surface area contributed by atoms with Gasteiger partial charge in [-0.05, 0) is 19.0 Å². The molecule has 0 saturated carbocycles. The first kappa shape index (κ1) is 12.6. The maximum Gasteiger partial charge on any atom is 0.151 e. The van der Waals surface area contributed by atoms with Gasteiger partial charge in [-0.25, -0.2) is 0 Å². The van der Waals surface area contributed by atoms with Gasteiger partial charge in [0.15, 0.2) is 5.78 Å². The zero-order chi connectivity index (χ0) is 12.3. The van der Waals surface area contributed by atoms with Crippen LogP contribution in [0.25, 0.3) is 0 Å². The van der Waals surface area contributed by atoms with Crippen molar-refractivity contribution < 1.29 is 4.79 Å². The van der Waals surface area contributed by atoms with Crippen LogP contribution in [0.4, 0.5) is 0 Å². The topological polar surface area (TPSA) is 38.1 Å². The number of nitrogens with zero attached hydrogens (tertiary/aromatic N) is 3. The van der Waals surface area contributed by atoms with E-state index in [1.807, 2.05) is 38.3 Å². The SMILES string of the molecule is CN1CCSCC1C(=O)CCc1cnn(C)c1. The van der Waals surface area contributed by atoms with Crippen LogP contribution in [0.15, 0.2) is 12.4 Å². The Bertz CT molecular complexity index is 391. The summed E-state index contributed by atoms with van der Waals surface area (Å²) in [5.74, 6) is 2.45. The fourth-order valence-corrected chi connectivity index (χ4v) is 3.31. The van der Waals surface area contributed by atoms with E-state index in [4.69, 9.17) is 0 Å². The third-order valence-corrected chi connectivity index (χ3v) is 4.21. The number of hydrogen-bond donors (Lipinski definition) is 0. The van der Waals surface area contributed by atoms with E-state index in [9.17, 15) is 4.79 Å². The van der Waals surface area contributed by atoms with Crippen LogP contribution in [-0.2, 0) is 18.3 Å². The number of ketones is 1. The summed E-state index contributed by atoms with van der Waals surface area (Å²) in [5.41, 5.74) is 1.15. The number of carbonyl (C=O) groups is 1. The van der Waals surface area contributed by atoms with Crippen molar-refractivity contribution in [3.63, 3.8) is 0 Å². The van der Waals surface area contributed by atoms with Gasteiger partial charge in [0, 0.05) is 37.7 Å². The van der Waals surface area contributed by atoms with Gasteiger partial charge >= 0.3 is 0 Å². The highest BCUT2D eigenvalue weighted by atomic mass is 32.2. The first-order valence-electron chi connectivity index (χ1n) is 5.95. The Hall–Kier alpha value is -0.810. The van der Waals surface area contributed by atoms with Crippen LogP contribution in [0.1, 0.15) is 12.0 Å². The third-order valence-electron chi connectivity index (χ3n) is 3.19. The summed E-state index contributed by atoms with van der Waals surface area (Å²) < 4.78 is 1.78. The van der Waals surface area contributed by atoms with Crippen molar-refractivity contribution >= 4 is 17.5 Å². The van der Waals surface area contributed by atoms with Gasteiger partial charge in [-0.2, -0.15) is 16.9 Å². The molecule has 0 spiro atoms. The largest absolute Gasteiger partial charge is 0.298 e. The highest BCUT2D eigenvalue weighted by Crippen LogP contribution is 2.17. The molecule has 1 aliphatic rings. The molecule has 0 aromatic carbocycles. The van der Waals surface area contributed by atoms with Crippen LogP contribution < -0.4 is 0 Å². The van der Waals surface area contributed by atoms with Gasteiger partial charge < -0.3 is 0 Å². The van der Waals surface area contributed by atoms with Crippen LogP contribution in [0, 0.1) is 0 Å². The molecule has 1 aromatic rings. The first-order valence-corrected chi connectivity index (χ1v) is 7.10. The van der Waals surface area contributed by atoms with Crippen LogP contribution in [0.2, 0.25) is 0 Å². The maximum absolute atomic E-state index is 12.1. The first-order chi connectivity index (χ1) is 8.16. The minimum absolute atomic E-state index is 0.116. The van der Waals surface area contributed by atoms with Gasteiger partial charge in [0.2, 0.25) is 0 Å². The number of Topliss-reactive ketones (excluding diaryl/α,β-unsaturated/α-hetero) is 1. The Labute approximate surface area is 106 Å². The molecule has 1 saturated heterocycles. The van der Waals surface area contributed by atoms with Crippen molar-refractivity contribution in [2.75, 3.05) is 25.1 Å². The van der Waals surface area contributed by atoms with E-state index in [2.05, 4.69) is 10.00 Å². The Morgan fingerprint density at radius 2 is 2.41 bits per heavy atom. The van der Waals surface area contributed by atoms with Crippen molar-refractivity contribution in [3.8, 4) is 0 Å². The van der Waals surface area contributed by atoms with Crippen LogP contribution in [0.3, 0.4) is 0 Å². The third kappa shape index (κ3) is 3.33. The molecule has 2 rings (SSSR count). The van der Waals surface area contributed by atoms with Crippen molar-refractivity contribution in [1.82, 2.24) is 14.7 Å². The molecule has 0 N–H and O–H groups in total. The number of rotatable bonds is 4. The standard InChI is InChI=1S/C12H19N3OS/c1-14-5-6-17-9-11(14)12(16)4-3-10-7-13-15(2)8-10/h7-8,11H,3-6,9H2,1-2H3. The normalized spacial score (nSPS) is 21.6. The maximum atomic E-state index is 12.1. The van der Waals surface area contributed by atoms with Crippen LogP contribution in [-0.4, -0.2) is 51.6 Å². The molecular weight excluding hydrogens is 234 g/mol. The molecule has 0 bridgehead atoms. The second kappa shape index (κ2) is 5.69. The van der Waals surface area contributed by atoms with Gasteiger partial charge in [-0.15, -0.1) is 0 Å². The molecule has 1 fully saturated rings. The second-order valence-corrected chi connectivity index (χ2v) is 5.71. The smallest absolute Gasteiger partial charge is 0.151 e. The quantitative estimate of drug-likeness (QED) is 0.801. The summed E-state index contributed by atoms with van der Waals surface area (Å²) >= 11 is 1.88. The molecule has 2 heterocycles. The molecule has 5 heteroatoms. The molecule has 1 unspecified atom stereocenters. The predicted molar refractivity (Wildman–Crippen MR) is 70.3 cm³/mol. The van der Waals surface area contributed by atoms with Crippen molar-refractivity contribution in [1.29, 1.82) is 0 Å². The van der Waals surface area contributed by atoms with Crippen molar-refractivity contribution in [3.05, 3.63) is 18.0 Å². The molecule has 1 aliphatic heterocycles. The number of aromatic nitrogens is 2. The average Bonchev–Trinajstić information content (AvgIpc) is 2.73. The van der Waals surface area contributed by atoms with Crippen LogP contribution in [0.5, 0.6) is 0 Å². The number of likely N-dealkylation sites (N-methyl/N-ethyl adjacent to an activating group) is 1. The van der Waals surface area contributed by atoms with Crippen molar-refractivity contribution in [2.45, 2.75) is 18.9 Å². The lowest BCUT2D eigenvalue weighted by atomic mass is 10.1. The Balaban J connectivity index is 1.84. The Kier molecular flexibility index (Phi) is 4.23. The van der Waals surface area contributed by atoms with E-state index >= 15 is 0 Å². The summed E-state index contributed by atoms with van der Waals surface area (Å²) in [7, 11) is 3.95. The number of thioether (sulfide) groups is 1. The molecule has 0 aliphatic carbocycles. The Morgan fingerprint density at radius 1 is 1.59 bits per heavy atom. The number of aryl methyl sites for hydroxylation is 2. The van der Waals surface area contributed by atoms with E-state index in [1.165, 1.54) is 0 Å². The summed E-state index contributed by atoms with van der Waals surface area (Å²) in [5, 5.41) is 4.11. The molecule has 94 valence electrons. The molecule has 0 amide bonds. The predicted octanol–water partition coefficient (Wildman–Crippen LogP) is 0.969. The minimum atomic E-state index is 0.116. The van der Waals surface area contributed by atoms with E-state index in [1.54, 1.807) is 4.68 Å². The minimum Gasteiger partial charge on any atom is -0.298 e. The molecule has 4 nitrogen and oxygen atoms in total. The fourth-order valence-electron chi connectivity index (χ4n) is 2.06. The van der Waals surface area contributed by atoms with E-state index in [-0.39, 0.29) is 6.04 Å². The summed E-state index contributed by atoms with van der Waals surface area (Å²) in [6, 6.07) is 0.116. The molecule has 1 atom stereocenters. The fraction of sp³-hybridized carbons (Fsp3) is 0.667. The van der Waals surface area contributed by atoms with E-state index in [0.29, 0.717) is 12.2 Å². The zero-order valence-corrected chi connectivity index (χ0v) is 11.2. The lowest BCUT2D eigenvalue weighted by Gasteiger charge is -2.30. The lowest BCUT2D eigenvalue weighted by Crippen LogP contribution is -2.44. The van der Waals surface area contributed by atoms with Gasteiger partial charge in [-0.1, -0.05) is 0 Å². The molecular formula is C12H19N3OS. The van der Waals surface area contributed by atoms with E-state index in [0.717, 1.165) is 30.0 Å². The zero-order valence-electron chi connectivity index (χ0n) is 10.4. The van der Waals surface area contributed by atoms with Gasteiger partial charge in [0.25, 0.3) is 0 Å². The lowest BCUT2D eigenvalue weighted by molar-refractivity contribution is -0.123. The van der Waals surface area contributed by atoms with E-state index < -0.39 is 0 Å². The highest BCUT2D eigenvalue weighted by molar-refractivity contribution is 7.99. The highest BCUT2D eigenvalue weighted by Gasteiger charge is 2.25. The summed E-state index contributed by atoms with van der Waals surface area (Å²) in [6.45, 7) is 1.02. The second-order valence-electron chi connectivity index (χ2n) is 4.56. The van der Waals surface area contributed by atoms with Gasteiger partial charge in [-0.3, -0.25) is 14.4 Å². The molecule has 1 aromatic heterocycles. The Morgan fingerprint density at radius 3 is 3.06 bits per heavy atom. The number of hydrogen-bond acceptors (Lipinski definition) is 4. The molecule has 0 radical (unpaired) electrons. The van der Waals surface area contributed by atoms with Crippen LogP contribution >= 0.6 is 11.8 Å². The molecule has 17 heavy (non-hydrogen) atoms. The van der Waals surface area contributed by atoms with Crippen molar-refractivity contribution in [2.24, 2.45) is 7.05 Å². The van der Waals surface area contributed by atoms with Gasteiger partial charge in [0.05, 0.1) is 12.2 Å². The number of carbonyl (C=O) groups excluding carboxylic acids is 1.